The van der Waals surface area contributed by atoms with E-state index in [0.29, 0.717) is 0 Å². The predicted octanol–water partition coefficient (Wildman–Crippen LogP) is -0.429. The SMILES string of the molecule is C1=COC(N2CCCN2)N1. The molecule has 0 aliphatic carbocycles. The number of hydrogen-bond donors (Lipinski definition) is 2. The zero-order valence-electron chi connectivity index (χ0n) is 5.71. The van der Waals surface area contributed by atoms with Gasteiger partial charge in [0.1, 0.15) is 6.26 Å². The average molecular weight is 141 g/mol. The topological polar surface area (TPSA) is 36.5 Å². The zero-order valence-corrected chi connectivity index (χ0v) is 5.71. The molecule has 0 bridgehead atoms. The number of rotatable bonds is 1. The summed E-state index contributed by atoms with van der Waals surface area (Å²) in [6.07, 6.45) is 4.69. The van der Waals surface area contributed by atoms with Gasteiger partial charge in [-0.25, -0.2) is 0 Å². The molecule has 1 fully saturated rings. The summed E-state index contributed by atoms with van der Waals surface area (Å²) in [4.78, 5) is 0. The molecule has 0 amide bonds. The van der Waals surface area contributed by atoms with Gasteiger partial charge in [-0.2, -0.15) is 5.01 Å². The second-order valence-electron chi connectivity index (χ2n) is 2.41. The molecule has 4 nitrogen and oxygen atoms in total. The molecule has 0 aromatic rings. The van der Waals surface area contributed by atoms with Gasteiger partial charge in [-0.3, -0.25) is 5.43 Å². The van der Waals surface area contributed by atoms with Gasteiger partial charge in [-0.15, -0.1) is 0 Å². The number of nitrogens with one attached hydrogen (secondary N) is 2. The highest BCUT2D eigenvalue weighted by atomic mass is 16.5. The van der Waals surface area contributed by atoms with Crippen molar-refractivity contribution in [3.05, 3.63) is 12.5 Å². The Morgan fingerprint density at radius 1 is 1.60 bits per heavy atom. The van der Waals surface area contributed by atoms with Crippen LogP contribution in [0.4, 0.5) is 0 Å². The van der Waals surface area contributed by atoms with E-state index >= 15 is 0 Å². The van der Waals surface area contributed by atoms with E-state index in [2.05, 4.69) is 15.8 Å². The van der Waals surface area contributed by atoms with Crippen LogP contribution in [0.1, 0.15) is 6.42 Å². The van der Waals surface area contributed by atoms with Gasteiger partial charge >= 0.3 is 0 Å². The van der Waals surface area contributed by atoms with Crippen molar-refractivity contribution in [3.63, 3.8) is 0 Å². The number of hydrazine groups is 1. The zero-order chi connectivity index (χ0) is 6.81. The van der Waals surface area contributed by atoms with Gasteiger partial charge in [-0.1, -0.05) is 0 Å². The Morgan fingerprint density at radius 3 is 3.20 bits per heavy atom. The number of ether oxygens (including phenoxy) is 1. The second-order valence-corrected chi connectivity index (χ2v) is 2.41. The molecule has 0 spiro atoms. The molecule has 0 aromatic heterocycles. The molecule has 4 heteroatoms. The smallest absolute Gasteiger partial charge is 0.241 e. The minimum absolute atomic E-state index is 0.0162. The number of nitrogens with zero attached hydrogens (tertiary/aromatic N) is 1. The highest BCUT2D eigenvalue weighted by molar-refractivity contribution is 4.81. The van der Waals surface area contributed by atoms with E-state index in [4.69, 9.17) is 4.74 Å². The van der Waals surface area contributed by atoms with Crippen LogP contribution in [0.25, 0.3) is 0 Å². The molecule has 2 heterocycles. The standard InChI is InChI=1S/C6H11N3O/c1-2-8-9(4-1)6-7-3-5-10-6/h3,5-8H,1-2,4H2. The lowest BCUT2D eigenvalue weighted by Crippen LogP contribution is -2.46. The largest absolute Gasteiger partial charge is 0.462 e. The maximum atomic E-state index is 5.21. The summed E-state index contributed by atoms with van der Waals surface area (Å²) >= 11 is 0. The Bertz CT molecular complexity index is 134. The normalized spacial score (nSPS) is 32.2. The first kappa shape index (κ1) is 6.00. The number of hydrogen-bond acceptors (Lipinski definition) is 4. The lowest BCUT2D eigenvalue weighted by atomic mass is 10.5. The van der Waals surface area contributed by atoms with Gasteiger partial charge in [0.05, 0.1) is 0 Å². The molecular formula is C6H11N3O. The van der Waals surface area contributed by atoms with E-state index in [1.54, 1.807) is 6.26 Å². The molecule has 56 valence electrons. The highest BCUT2D eigenvalue weighted by Crippen LogP contribution is 2.05. The van der Waals surface area contributed by atoms with Crippen LogP contribution in [0.15, 0.2) is 12.5 Å². The van der Waals surface area contributed by atoms with Gasteiger partial charge in [0.15, 0.2) is 0 Å². The molecule has 2 aliphatic rings. The summed E-state index contributed by atoms with van der Waals surface area (Å²) < 4.78 is 5.21. The molecule has 2 aliphatic heterocycles. The fraction of sp³-hybridized carbons (Fsp3) is 0.667. The Kier molecular flexibility index (Phi) is 1.49. The summed E-state index contributed by atoms with van der Waals surface area (Å²) in [6.45, 7) is 2.11. The lowest BCUT2D eigenvalue weighted by Gasteiger charge is -2.22. The van der Waals surface area contributed by atoms with E-state index < -0.39 is 0 Å². The van der Waals surface area contributed by atoms with Crippen molar-refractivity contribution in [1.29, 1.82) is 0 Å². The molecule has 2 N–H and O–H groups in total. The van der Waals surface area contributed by atoms with Crippen LogP contribution in [0.3, 0.4) is 0 Å². The summed E-state index contributed by atoms with van der Waals surface area (Å²) in [5.41, 5.74) is 3.20. The van der Waals surface area contributed by atoms with Crippen LogP contribution in [0.5, 0.6) is 0 Å². The van der Waals surface area contributed by atoms with E-state index in [-0.39, 0.29) is 6.35 Å². The van der Waals surface area contributed by atoms with Crippen molar-refractivity contribution in [3.8, 4) is 0 Å². The fourth-order valence-electron chi connectivity index (χ4n) is 1.19. The van der Waals surface area contributed by atoms with Crippen molar-refractivity contribution < 1.29 is 4.74 Å². The van der Waals surface area contributed by atoms with E-state index in [0.717, 1.165) is 13.1 Å². The molecule has 0 aromatic carbocycles. The van der Waals surface area contributed by atoms with Gasteiger partial charge in [0, 0.05) is 19.3 Å². The third-order valence-corrected chi connectivity index (χ3v) is 1.69. The Balaban J connectivity index is 1.87. The first-order valence-electron chi connectivity index (χ1n) is 3.53. The minimum atomic E-state index is 0.0162. The second kappa shape index (κ2) is 2.48. The third-order valence-electron chi connectivity index (χ3n) is 1.69. The fourth-order valence-corrected chi connectivity index (χ4v) is 1.19. The van der Waals surface area contributed by atoms with Gasteiger partial charge in [0.2, 0.25) is 6.35 Å². The first-order chi connectivity index (χ1) is 4.97. The van der Waals surface area contributed by atoms with Crippen LogP contribution in [0, 0.1) is 0 Å². The summed E-state index contributed by atoms with van der Waals surface area (Å²) in [7, 11) is 0. The molecule has 1 atom stereocenters. The first-order valence-corrected chi connectivity index (χ1v) is 3.53. The third kappa shape index (κ3) is 0.955. The molecule has 1 unspecified atom stereocenters. The Morgan fingerprint density at radius 2 is 2.60 bits per heavy atom. The van der Waals surface area contributed by atoms with Gasteiger partial charge in [0.25, 0.3) is 0 Å². The van der Waals surface area contributed by atoms with Crippen LogP contribution < -0.4 is 10.7 Å². The van der Waals surface area contributed by atoms with E-state index in [9.17, 15) is 0 Å². The highest BCUT2D eigenvalue weighted by Gasteiger charge is 2.22. The molecule has 0 radical (unpaired) electrons. The van der Waals surface area contributed by atoms with Crippen LogP contribution in [-0.4, -0.2) is 24.5 Å². The average Bonchev–Trinajstić information content (AvgIpc) is 2.59. The van der Waals surface area contributed by atoms with Crippen molar-refractivity contribution in [2.24, 2.45) is 0 Å². The Labute approximate surface area is 59.8 Å². The van der Waals surface area contributed by atoms with Crippen molar-refractivity contribution >= 4 is 0 Å². The molecule has 2 rings (SSSR count). The van der Waals surface area contributed by atoms with Gasteiger partial charge in [-0.05, 0) is 6.42 Å². The predicted molar refractivity (Wildman–Crippen MR) is 36.5 cm³/mol. The summed E-state index contributed by atoms with van der Waals surface area (Å²) in [6, 6.07) is 0. The minimum Gasteiger partial charge on any atom is -0.462 e. The maximum absolute atomic E-state index is 5.21. The summed E-state index contributed by atoms with van der Waals surface area (Å²) in [5.74, 6) is 0. The molecule has 1 saturated heterocycles. The van der Waals surface area contributed by atoms with Crippen molar-refractivity contribution in [2.75, 3.05) is 13.1 Å². The molecule has 0 saturated carbocycles. The monoisotopic (exact) mass is 141 g/mol. The molecular weight excluding hydrogens is 130 g/mol. The van der Waals surface area contributed by atoms with Gasteiger partial charge < -0.3 is 10.1 Å². The van der Waals surface area contributed by atoms with Crippen molar-refractivity contribution in [1.82, 2.24) is 15.8 Å². The van der Waals surface area contributed by atoms with Crippen LogP contribution in [0.2, 0.25) is 0 Å². The molecule has 10 heavy (non-hydrogen) atoms. The quantitative estimate of drug-likeness (QED) is 0.519. The Hall–Kier alpha value is -0.740. The van der Waals surface area contributed by atoms with Crippen molar-refractivity contribution in [2.45, 2.75) is 12.8 Å². The maximum Gasteiger partial charge on any atom is 0.241 e. The van der Waals surface area contributed by atoms with E-state index in [1.807, 2.05) is 6.20 Å². The summed E-state index contributed by atoms with van der Waals surface area (Å²) in [5, 5.41) is 5.11. The van der Waals surface area contributed by atoms with E-state index in [1.165, 1.54) is 6.42 Å². The van der Waals surface area contributed by atoms with Crippen LogP contribution in [-0.2, 0) is 4.74 Å². The lowest BCUT2D eigenvalue weighted by molar-refractivity contribution is -0.0199. The van der Waals surface area contributed by atoms with Crippen LogP contribution >= 0.6 is 0 Å².